The molecular weight excluding hydrogens is 518 g/mol. The standard InChI is InChI=1S/C20H29FN6OS.HI/c1-3-18-24-20(29-25-18)27-13-11-26(12-14-27)19(22-2)23-10-4-5-15-28-17-8-6-16(21)7-9-17;/h6-9H,3-5,10-15H2,1-2H3,(H,22,23);1H. The van der Waals surface area contributed by atoms with Crippen LogP contribution in [-0.2, 0) is 6.42 Å². The maximum atomic E-state index is 12.9. The van der Waals surface area contributed by atoms with E-state index in [1.165, 1.54) is 23.7 Å². The number of aliphatic imine (C=N–C) groups is 1. The maximum absolute atomic E-state index is 12.9. The number of aryl methyl sites for hydroxylation is 1. The van der Waals surface area contributed by atoms with Crippen LogP contribution in [0, 0.1) is 5.82 Å². The minimum Gasteiger partial charge on any atom is -0.494 e. The van der Waals surface area contributed by atoms with Gasteiger partial charge < -0.3 is 19.9 Å². The van der Waals surface area contributed by atoms with Gasteiger partial charge in [-0.25, -0.2) is 9.37 Å². The van der Waals surface area contributed by atoms with Crippen LogP contribution >= 0.6 is 35.5 Å². The van der Waals surface area contributed by atoms with Crippen LogP contribution in [0.3, 0.4) is 0 Å². The summed E-state index contributed by atoms with van der Waals surface area (Å²) in [6.45, 7) is 7.20. The molecule has 1 aromatic carbocycles. The first kappa shape index (κ1) is 24.6. The van der Waals surface area contributed by atoms with Crippen molar-refractivity contribution in [1.29, 1.82) is 0 Å². The SMILES string of the molecule is CCc1nsc(N2CCN(C(=NC)NCCCCOc3ccc(F)cc3)CC2)n1.I. The molecule has 10 heteroatoms. The third-order valence-corrected chi connectivity index (χ3v) is 5.59. The van der Waals surface area contributed by atoms with Crippen molar-refractivity contribution >= 4 is 46.6 Å². The van der Waals surface area contributed by atoms with E-state index in [0.29, 0.717) is 12.4 Å². The Morgan fingerprint density at radius 3 is 2.57 bits per heavy atom. The fraction of sp³-hybridized carbons (Fsp3) is 0.550. The molecule has 0 atom stereocenters. The fourth-order valence-electron chi connectivity index (χ4n) is 3.11. The van der Waals surface area contributed by atoms with Gasteiger partial charge in [0, 0.05) is 57.7 Å². The summed E-state index contributed by atoms with van der Waals surface area (Å²) in [5.74, 6) is 2.32. The molecule has 2 heterocycles. The summed E-state index contributed by atoms with van der Waals surface area (Å²) >= 11 is 1.49. The van der Waals surface area contributed by atoms with Crippen LogP contribution in [0.4, 0.5) is 9.52 Å². The molecule has 1 saturated heterocycles. The van der Waals surface area contributed by atoms with Crippen molar-refractivity contribution in [3.63, 3.8) is 0 Å². The van der Waals surface area contributed by atoms with E-state index in [2.05, 4.69) is 36.4 Å². The third-order valence-electron chi connectivity index (χ3n) is 4.77. The monoisotopic (exact) mass is 548 g/mol. The van der Waals surface area contributed by atoms with Gasteiger partial charge >= 0.3 is 0 Å². The van der Waals surface area contributed by atoms with Gasteiger partial charge in [-0.1, -0.05) is 6.92 Å². The average molecular weight is 548 g/mol. The van der Waals surface area contributed by atoms with Crippen molar-refractivity contribution in [1.82, 2.24) is 19.6 Å². The lowest BCUT2D eigenvalue weighted by Gasteiger charge is -2.36. The zero-order valence-corrected chi connectivity index (χ0v) is 20.7. The van der Waals surface area contributed by atoms with E-state index in [1.807, 2.05) is 7.05 Å². The third kappa shape index (κ3) is 7.22. The minimum atomic E-state index is -0.247. The Hall–Kier alpha value is -1.69. The van der Waals surface area contributed by atoms with Gasteiger partial charge in [0.2, 0.25) is 5.13 Å². The molecule has 1 aliphatic heterocycles. The molecule has 0 saturated carbocycles. The Labute approximate surface area is 198 Å². The van der Waals surface area contributed by atoms with Crippen molar-refractivity contribution in [3.8, 4) is 5.75 Å². The first-order valence-corrected chi connectivity index (χ1v) is 10.9. The first-order chi connectivity index (χ1) is 14.2. The summed E-state index contributed by atoms with van der Waals surface area (Å²) < 4.78 is 22.9. The van der Waals surface area contributed by atoms with Crippen LogP contribution in [0.1, 0.15) is 25.6 Å². The largest absolute Gasteiger partial charge is 0.494 e. The number of anilines is 1. The van der Waals surface area contributed by atoms with Crippen LogP contribution in [-0.4, -0.2) is 66.6 Å². The highest BCUT2D eigenvalue weighted by Crippen LogP contribution is 2.19. The van der Waals surface area contributed by atoms with Gasteiger partial charge in [0.15, 0.2) is 5.96 Å². The van der Waals surface area contributed by atoms with Crippen molar-refractivity contribution in [2.45, 2.75) is 26.2 Å². The topological polar surface area (TPSA) is 65.9 Å². The summed E-state index contributed by atoms with van der Waals surface area (Å²) in [6, 6.07) is 6.13. The summed E-state index contributed by atoms with van der Waals surface area (Å²) in [7, 11) is 1.82. The quantitative estimate of drug-likeness (QED) is 0.236. The van der Waals surface area contributed by atoms with Crippen LogP contribution < -0.4 is 15.0 Å². The molecule has 0 spiro atoms. The number of guanidine groups is 1. The number of ether oxygens (including phenoxy) is 1. The molecule has 0 bridgehead atoms. The zero-order valence-electron chi connectivity index (χ0n) is 17.5. The lowest BCUT2D eigenvalue weighted by Crippen LogP contribution is -2.52. The Balaban J connectivity index is 0.00000320. The predicted molar refractivity (Wildman–Crippen MR) is 131 cm³/mol. The fourth-order valence-corrected chi connectivity index (χ4v) is 3.91. The second-order valence-corrected chi connectivity index (χ2v) is 7.53. The molecule has 0 radical (unpaired) electrons. The minimum absolute atomic E-state index is 0. The van der Waals surface area contributed by atoms with Gasteiger partial charge in [-0.15, -0.1) is 24.0 Å². The molecule has 0 aliphatic carbocycles. The van der Waals surface area contributed by atoms with Gasteiger partial charge in [-0.2, -0.15) is 4.37 Å². The lowest BCUT2D eigenvalue weighted by atomic mass is 10.3. The van der Waals surface area contributed by atoms with Crippen LogP contribution in [0.2, 0.25) is 0 Å². The molecule has 0 unspecified atom stereocenters. The van der Waals surface area contributed by atoms with Crippen LogP contribution in [0.15, 0.2) is 29.3 Å². The number of hydrogen-bond donors (Lipinski definition) is 1. The number of nitrogens with one attached hydrogen (secondary N) is 1. The van der Waals surface area contributed by atoms with Gasteiger partial charge in [0.1, 0.15) is 17.4 Å². The summed E-state index contributed by atoms with van der Waals surface area (Å²) in [5, 5.41) is 4.46. The van der Waals surface area contributed by atoms with E-state index in [1.54, 1.807) is 12.1 Å². The smallest absolute Gasteiger partial charge is 0.205 e. The van der Waals surface area contributed by atoms with E-state index < -0.39 is 0 Å². The van der Waals surface area contributed by atoms with E-state index in [4.69, 9.17) is 4.74 Å². The van der Waals surface area contributed by atoms with E-state index in [0.717, 1.165) is 68.9 Å². The van der Waals surface area contributed by atoms with Crippen molar-refractivity contribution < 1.29 is 9.13 Å². The number of rotatable bonds is 8. The number of hydrogen-bond acceptors (Lipinski definition) is 6. The van der Waals surface area contributed by atoms with Crippen LogP contribution in [0.25, 0.3) is 0 Å². The molecular formula is C20H30FIN6OS. The molecule has 3 rings (SSSR count). The van der Waals surface area contributed by atoms with E-state index in [-0.39, 0.29) is 29.8 Å². The lowest BCUT2D eigenvalue weighted by molar-refractivity contribution is 0.305. The molecule has 30 heavy (non-hydrogen) atoms. The van der Waals surface area contributed by atoms with Crippen LogP contribution in [0.5, 0.6) is 5.75 Å². The Morgan fingerprint density at radius 1 is 1.20 bits per heavy atom. The molecule has 166 valence electrons. The summed E-state index contributed by atoms with van der Waals surface area (Å²) in [4.78, 5) is 13.6. The molecule has 1 N–H and O–H groups in total. The Kier molecular flexibility index (Phi) is 10.6. The number of aromatic nitrogens is 2. The first-order valence-electron chi connectivity index (χ1n) is 10.1. The second-order valence-electron chi connectivity index (χ2n) is 6.80. The zero-order chi connectivity index (χ0) is 20.5. The number of nitrogens with zero attached hydrogens (tertiary/aromatic N) is 5. The van der Waals surface area contributed by atoms with Gasteiger partial charge in [-0.3, -0.25) is 4.99 Å². The highest BCUT2D eigenvalue weighted by molar-refractivity contribution is 14.0. The van der Waals surface area contributed by atoms with Crippen molar-refractivity contribution in [2.24, 2.45) is 4.99 Å². The highest BCUT2D eigenvalue weighted by atomic mass is 127. The van der Waals surface area contributed by atoms with E-state index >= 15 is 0 Å². The Morgan fingerprint density at radius 2 is 1.93 bits per heavy atom. The predicted octanol–water partition coefficient (Wildman–Crippen LogP) is 3.41. The van der Waals surface area contributed by atoms with Crippen molar-refractivity contribution in [2.75, 3.05) is 51.3 Å². The average Bonchev–Trinajstić information content (AvgIpc) is 3.24. The molecule has 1 aliphatic rings. The Bertz CT molecular complexity index is 780. The van der Waals surface area contributed by atoms with Gasteiger partial charge in [-0.05, 0) is 37.1 Å². The van der Waals surface area contributed by atoms with E-state index in [9.17, 15) is 4.39 Å². The van der Waals surface area contributed by atoms with Crippen molar-refractivity contribution in [3.05, 3.63) is 35.9 Å². The highest BCUT2D eigenvalue weighted by Gasteiger charge is 2.21. The second kappa shape index (κ2) is 12.9. The summed E-state index contributed by atoms with van der Waals surface area (Å²) in [6.07, 6.45) is 2.78. The number of piperazine rings is 1. The number of unbranched alkanes of at least 4 members (excludes halogenated alkanes) is 1. The van der Waals surface area contributed by atoms with Gasteiger partial charge in [0.05, 0.1) is 6.61 Å². The maximum Gasteiger partial charge on any atom is 0.205 e. The molecule has 1 aromatic heterocycles. The molecule has 1 fully saturated rings. The molecule has 0 amide bonds. The molecule has 7 nitrogen and oxygen atoms in total. The van der Waals surface area contributed by atoms with Gasteiger partial charge in [0.25, 0.3) is 0 Å². The summed E-state index contributed by atoms with van der Waals surface area (Å²) in [5.41, 5.74) is 0. The molecule has 2 aromatic rings. The number of benzene rings is 1. The normalized spacial score (nSPS) is 14.4. The number of halogens is 2.